The number of nitrogens with zero attached hydrogens (tertiary/aromatic N) is 2. The van der Waals surface area contributed by atoms with Gasteiger partial charge in [0.2, 0.25) is 0 Å². The van der Waals surface area contributed by atoms with E-state index in [4.69, 9.17) is 5.26 Å². The average Bonchev–Trinajstić information content (AvgIpc) is 2.59. The van der Waals surface area contributed by atoms with Crippen LogP contribution in [0.25, 0.3) is 22.4 Å². The zero-order chi connectivity index (χ0) is 17.3. The molecule has 0 unspecified atom stereocenters. The molecular formula is C18H8F4N2. The summed E-state index contributed by atoms with van der Waals surface area (Å²) < 4.78 is 55.3. The van der Waals surface area contributed by atoms with Gasteiger partial charge in [-0.25, -0.2) is 17.6 Å². The average molecular weight is 328 g/mol. The van der Waals surface area contributed by atoms with E-state index in [-0.39, 0.29) is 27.9 Å². The first-order valence-corrected chi connectivity index (χ1v) is 6.82. The summed E-state index contributed by atoms with van der Waals surface area (Å²) >= 11 is 0. The number of aromatic nitrogens is 1. The molecule has 0 fully saturated rings. The fraction of sp³-hybridized carbons (Fsp3) is 0. The molecule has 0 amide bonds. The van der Waals surface area contributed by atoms with Crippen molar-refractivity contribution in [2.24, 2.45) is 0 Å². The van der Waals surface area contributed by atoms with E-state index in [1.165, 1.54) is 30.3 Å². The lowest BCUT2D eigenvalue weighted by Gasteiger charge is -2.12. The molecule has 6 heteroatoms. The van der Waals surface area contributed by atoms with Crippen molar-refractivity contribution < 1.29 is 17.6 Å². The zero-order valence-electron chi connectivity index (χ0n) is 12.0. The van der Waals surface area contributed by atoms with Gasteiger partial charge in [0, 0.05) is 22.9 Å². The van der Waals surface area contributed by atoms with Crippen molar-refractivity contribution in [3.8, 4) is 28.5 Å². The fourth-order valence-corrected chi connectivity index (χ4v) is 2.34. The van der Waals surface area contributed by atoms with Crippen molar-refractivity contribution in [1.29, 1.82) is 5.26 Å². The molecule has 24 heavy (non-hydrogen) atoms. The van der Waals surface area contributed by atoms with Gasteiger partial charge in [0.05, 0.1) is 11.3 Å². The standard InChI is InChI=1S/C18H8F4N2/c19-14-5-1-3-11(16(14)21)13-7-10(8-23)9-24-18(13)12-4-2-6-15(20)17(12)22/h1-7,9H. The van der Waals surface area contributed by atoms with Crippen LogP contribution >= 0.6 is 0 Å². The Morgan fingerprint density at radius 1 is 0.792 bits per heavy atom. The summed E-state index contributed by atoms with van der Waals surface area (Å²) in [6.45, 7) is 0. The number of nitriles is 1. The number of hydrogen-bond donors (Lipinski definition) is 0. The molecule has 0 aliphatic carbocycles. The van der Waals surface area contributed by atoms with Gasteiger partial charge in [-0.2, -0.15) is 5.26 Å². The van der Waals surface area contributed by atoms with E-state index >= 15 is 0 Å². The number of benzene rings is 2. The molecule has 0 aliphatic rings. The lowest BCUT2D eigenvalue weighted by Crippen LogP contribution is -1.98. The molecule has 1 heterocycles. The number of rotatable bonds is 2. The van der Waals surface area contributed by atoms with E-state index in [1.54, 1.807) is 0 Å². The third-order valence-electron chi connectivity index (χ3n) is 3.47. The SMILES string of the molecule is N#Cc1cnc(-c2cccc(F)c2F)c(-c2cccc(F)c2F)c1. The van der Waals surface area contributed by atoms with Crippen LogP contribution in [0.3, 0.4) is 0 Å². The molecule has 3 rings (SSSR count). The summed E-state index contributed by atoms with van der Waals surface area (Å²) in [5, 5.41) is 9.00. The Morgan fingerprint density at radius 3 is 2.00 bits per heavy atom. The molecule has 3 aromatic rings. The third kappa shape index (κ3) is 2.61. The van der Waals surface area contributed by atoms with Crippen molar-refractivity contribution in [2.45, 2.75) is 0 Å². The van der Waals surface area contributed by atoms with Gasteiger partial charge >= 0.3 is 0 Å². The maximum absolute atomic E-state index is 14.1. The first-order valence-electron chi connectivity index (χ1n) is 6.82. The predicted molar refractivity (Wildman–Crippen MR) is 79.7 cm³/mol. The van der Waals surface area contributed by atoms with Crippen LogP contribution < -0.4 is 0 Å². The van der Waals surface area contributed by atoms with Crippen LogP contribution in [0.15, 0.2) is 48.7 Å². The van der Waals surface area contributed by atoms with Gasteiger partial charge in [-0.05, 0) is 24.3 Å². The quantitative estimate of drug-likeness (QED) is 0.631. The second kappa shape index (κ2) is 6.13. The number of halogens is 4. The van der Waals surface area contributed by atoms with Crippen molar-refractivity contribution in [1.82, 2.24) is 4.98 Å². The summed E-state index contributed by atoms with van der Waals surface area (Å²) in [5.74, 6) is -4.51. The Bertz CT molecular complexity index is 977. The predicted octanol–water partition coefficient (Wildman–Crippen LogP) is 4.84. The molecule has 0 bridgehead atoms. The molecule has 0 atom stereocenters. The molecule has 118 valence electrons. The van der Waals surface area contributed by atoms with E-state index < -0.39 is 23.3 Å². The topological polar surface area (TPSA) is 36.7 Å². The minimum atomic E-state index is -1.16. The van der Waals surface area contributed by atoms with Gasteiger partial charge in [-0.3, -0.25) is 4.98 Å². The van der Waals surface area contributed by atoms with Gasteiger partial charge in [0.25, 0.3) is 0 Å². The van der Waals surface area contributed by atoms with Gasteiger partial charge in [-0.1, -0.05) is 18.2 Å². The van der Waals surface area contributed by atoms with Crippen LogP contribution in [-0.2, 0) is 0 Å². The van der Waals surface area contributed by atoms with Crippen molar-refractivity contribution >= 4 is 0 Å². The van der Waals surface area contributed by atoms with E-state index in [1.807, 2.05) is 6.07 Å². The third-order valence-corrected chi connectivity index (χ3v) is 3.47. The van der Waals surface area contributed by atoms with Crippen LogP contribution in [-0.4, -0.2) is 4.98 Å². The molecule has 2 aromatic carbocycles. The molecule has 0 radical (unpaired) electrons. The normalized spacial score (nSPS) is 10.5. The van der Waals surface area contributed by atoms with Crippen molar-refractivity contribution in [3.63, 3.8) is 0 Å². The lowest BCUT2D eigenvalue weighted by molar-refractivity contribution is 0.510. The highest BCUT2D eigenvalue weighted by molar-refractivity contribution is 5.82. The fourth-order valence-electron chi connectivity index (χ4n) is 2.34. The summed E-state index contributed by atoms with van der Waals surface area (Å²) in [7, 11) is 0. The van der Waals surface area contributed by atoms with Crippen molar-refractivity contribution in [2.75, 3.05) is 0 Å². The summed E-state index contributed by atoms with van der Waals surface area (Å²) in [5.41, 5.74) is -0.420. The highest BCUT2D eigenvalue weighted by Gasteiger charge is 2.19. The van der Waals surface area contributed by atoms with Gasteiger partial charge in [0.1, 0.15) is 6.07 Å². The van der Waals surface area contributed by atoms with E-state index in [2.05, 4.69) is 4.98 Å². The van der Waals surface area contributed by atoms with Crippen LogP contribution in [0.5, 0.6) is 0 Å². The number of pyridine rings is 1. The monoisotopic (exact) mass is 328 g/mol. The van der Waals surface area contributed by atoms with Crippen LogP contribution in [0.1, 0.15) is 5.56 Å². The minimum absolute atomic E-state index is 0.00412. The highest BCUT2D eigenvalue weighted by atomic mass is 19.2. The molecule has 0 saturated carbocycles. The molecule has 0 aliphatic heterocycles. The Hall–Kier alpha value is -3.20. The Labute approximate surface area is 134 Å². The smallest absolute Gasteiger partial charge is 0.168 e. The van der Waals surface area contributed by atoms with E-state index in [9.17, 15) is 17.6 Å². The molecule has 0 spiro atoms. The Balaban J connectivity index is 2.35. The maximum Gasteiger partial charge on any atom is 0.168 e. The first kappa shape index (κ1) is 15.7. The van der Waals surface area contributed by atoms with Crippen LogP contribution in [0, 0.1) is 34.6 Å². The van der Waals surface area contributed by atoms with Gasteiger partial charge < -0.3 is 0 Å². The first-order chi connectivity index (χ1) is 11.5. The molecule has 0 N–H and O–H groups in total. The minimum Gasteiger partial charge on any atom is -0.254 e. The maximum atomic E-state index is 14.1. The molecule has 2 nitrogen and oxygen atoms in total. The zero-order valence-corrected chi connectivity index (χ0v) is 12.0. The van der Waals surface area contributed by atoms with E-state index in [0.29, 0.717) is 0 Å². The lowest BCUT2D eigenvalue weighted by atomic mass is 9.97. The van der Waals surface area contributed by atoms with Gasteiger partial charge in [-0.15, -0.1) is 0 Å². The van der Waals surface area contributed by atoms with Crippen LogP contribution in [0.2, 0.25) is 0 Å². The molecule has 1 aromatic heterocycles. The van der Waals surface area contributed by atoms with Crippen molar-refractivity contribution in [3.05, 3.63) is 77.5 Å². The summed E-state index contributed by atoms with van der Waals surface area (Å²) in [6, 6.07) is 10.1. The second-order valence-electron chi connectivity index (χ2n) is 4.93. The second-order valence-corrected chi connectivity index (χ2v) is 4.93. The van der Waals surface area contributed by atoms with Gasteiger partial charge in [0.15, 0.2) is 23.3 Å². The Morgan fingerprint density at radius 2 is 1.38 bits per heavy atom. The van der Waals surface area contributed by atoms with Crippen LogP contribution in [0.4, 0.5) is 17.6 Å². The highest BCUT2D eigenvalue weighted by Crippen LogP contribution is 2.35. The van der Waals surface area contributed by atoms with E-state index in [0.717, 1.165) is 18.3 Å². The molecular weight excluding hydrogens is 320 g/mol. The molecule has 0 saturated heterocycles. The number of hydrogen-bond acceptors (Lipinski definition) is 2. The summed E-state index contributed by atoms with van der Waals surface area (Å²) in [6.07, 6.45) is 1.15. The Kier molecular flexibility index (Phi) is 4.00. The summed E-state index contributed by atoms with van der Waals surface area (Å²) in [4.78, 5) is 3.95. The largest absolute Gasteiger partial charge is 0.254 e.